The largest absolute Gasteiger partial charge is 0.497 e. The van der Waals surface area contributed by atoms with Gasteiger partial charge in [-0.25, -0.2) is 4.79 Å². The van der Waals surface area contributed by atoms with Gasteiger partial charge in [-0.2, -0.15) is 0 Å². The average Bonchev–Trinajstić information content (AvgIpc) is 2.88. The number of rotatable bonds is 4. The summed E-state index contributed by atoms with van der Waals surface area (Å²) in [4.78, 5) is 13.3. The van der Waals surface area contributed by atoms with Gasteiger partial charge in [0.25, 0.3) is 0 Å². The molecule has 0 amide bonds. The van der Waals surface area contributed by atoms with Gasteiger partial charge in [-0.05, 0) is 41.0 Å². The van der Waals surface area contributed by atoms with Crippen LogP contribution in [0.5, 0.6) is 5.75 Å². The minimum atomic E-state index is -0.883. The molecule has 21 heavy (non-hydrogen) atoms. The normalized spacial score (nSPS) is 14.0. The van der Waals surface area contributed by atoms with E-state index in [1.807, 2.05) is 12.1 Å². The first-order valence-corrected chi connectivity index (χ1v) is 6.86. The maximum atomic E-state index is 11.0. The first kappa shape index (κ1) is 13.6. The van der Waals surface area contributed by atoms with E-state index >= 15 is 0 Å². The molecule has 0 saturated carbocycles. The van der Waals surface area contributed by atoms with Gasteiger partial charge < -0.3 is 9.84 Å². The van der Waals surface area contributed by atoms with Crippen molar-refractivity contribution >= 4 is 5.97 Å². The lowest BCUT2D eigenvalue weighted by Crippen LogP contribution is -2.15. The molecule has 2 aromatic carbocycles. The molecule has 4 heteroatoms. The Morgan fingerprint density at radius 3 is 2.76 bits per heavy atom. The molecule has 1 heterocycles. The van der Waals surface area contributed by atoms with Crippen LogP contribution in [-0.2, 0) is 19.6 Å². The van der Waals surface area contributed by atoms with E-state index in [1.54, 1.807) is 25.3 Å². The average molecular weight is 283 g/mol. The Balaban J connectivity index is 1.73. The third-order valence-electron chi connectivity index (χ3n) is 3.78. The number of ether oxygens (including phenoxy) is 1. The molecule has 1 N–H and O–H groups in total. The smallest absolute Gasteiger partial charge is 0.335 e. The van der Waals surface area contributed by atoms with Crippen LogP contribution in [0.15, 0.2) is 42.5 Å². The zero-order chi connectivity index (χ0) is 14.8. The minimum Gasteiger partial charge on any atom is -0.497 e. The lowest BCUT2D eigenvalue weighted by Gasteiger charge is -2.15. The second kappa shape index (κ2) is 5.58. The second-order valence-electron chi connectivity index (χ2n) is 5.29. The van der Waals surface area contributed by atoms with E-state index in [0.29, 0.717) is 5.56 Å². The molecule has 1 aliphatic heterocycles. The number of aromatic carboxylic acids is 1. The van der Waals surface area contributed by atoms with Crippen LogP contribution in [-0.4, -0.2) is 23.1 Å². The number of carboxylic acids is 1. The Bertz CT molecular complexity index is 681. The Morgan fingerprint density at radius 1 is 1.19 bits per heavy atom. The van der Waals surface area contributed by atoms with Crippen molar-refractivity contribution in [3.8, 4) is 5.75 Å². The zero-order valence-electron chi connectivity index (χ0n) is 11.9. The van der Waals surface area contributed by atoms with Crippen molar-refractivity contribution in [2.45, 2.75) is 19.6 Å². The second-order valence-corrected chi connectivity index (χ2v) is 5.29. The molecule has 108 valence electrons. The molecule has 0 unspecified atom stereocenters. The number of benzene rings is 2. The van der Waals surface area contributed by atoms with Crippen LogP contribution in [0.2, 0.25) is 0 Å². The highest BCUT2D eigenvalue weighted by Gasteiger charge is 2.19. The summed E-state index contributed by atoms with van der Waals surface area (Å²) < 4.78 is 5.25. The Morgan fingerprint density at radius 2 is 2.00 bits per heavy atom. The summed E-state index contributed by atoms with van der Waals surface area (Å²) in [5, 5.41) is 9.04. The molecule has 0 spiro atoms. The van der Waals surface area contributed by atoms with E-state index in [-0.39, 0.29) is 0 Å². The summed E-state index contributed by atoms with van der Waals surface area (Å²) in [5.74, 6) is -0.00484. The summed E-state index contributed by atoms with van der Waals surface area (Å²) in [6, 6.07) is 13.3. The van der Waals surface area contributed by atoms with Crippen LogP contribution in [0.1, 0.15) is 27.0 Å². The summed E-state index contributed by atoms with van der Waals surface area (Å²) in [6.07, 6.45) is 0. The van der Waals surface area contributed by atoms with Crippen LogP contribution >= 0.6 is 0 Å². The number of carboxylic acid groups (broad SMARTS) is 1. The van der Waals surface area contributed by atoms with Crippen molar-refractivity contribution in [1.29, 1.82) is 0 Å². The highest BCUT2D eigenvalue weighted by atomic mass is 16.5. The highest BCUT2D eigenvalue weighted by Crippen LogP contribution is 2.27. The first-order valence-electron chi connectivity index (χ1n) is 6.86. The minimum absolute atomic E-state index is 0.339. The van der Waals surface area contributed by atoms with E-state index in [1.165, 1.54) is 11.1 Å². The zero-order valence-corrected chi connectivity index (χ0v) is 11.9. The SMILES string of the molecule is COc1ccc2c(c1)CN(Cc1cccc(C(=O)O)c1)C2. The fraction of sp³-hybridized carbons (Fsp3) is 0.235. The summed E-state index contributed by atoms with van der Waals surface area (Å²) in [5.41, 5.74) is 3.95. The van der Waals surface area contributed by atoms with E-state index in [4.69, 9.17) is 9.84 Å². The molecule has 3 rings (SSSR count). The van der Waals surface area contributed by atoms with E-state index in [0.717, 1.165) is 30.9 Å². The monoisotopic (exact) mass is 283 g/mol. The van der Waals surface area contributed by atoms with Gasteiger partial charge in [-0.15, -0.1) is 0 Å². The maximum Gasteiger partial charge on any atom is 0.335 e. The molecule has 0 aliphatic carbocycles. The molecule has 2 aromatic rings. The predicted molar refractivity (Wildman–Crippen MR) is 79.3 cm³/mol. The van der Waals surface area contributed by atoms with Crippen LogP contribution in [0.4, 0.5) is 0 Å². The van der Waals surface area contributed by atoms with Crippen molar-refractivity contribution in [2.24, 2.45) is 0 Å². The van der Waals surface area contributed by atoms with Crippen molar-refractivity contribution in [2.75, 3.05) is 7.11 Å². The van der Waals surface area contributed by atoms with Gasteiger partial charge in [0, 0.05) is 19.6 Å². The molecule has 0 saturated heterocycles. The maximum absolute atomic E-state index is 11.0. The fourth-order valence-electron chi connectivity index (χ4n) is 2.74. The van der Waals surface area contributed by atoms with Gasteiger partial charge in [0.1, 0.15) is 5.75 Å². The summed E-state index contributed by atoms with van der Waals surface area (Å²) in [7, 11) is 1.67. The molecule has 0 aromatic heterocycles. The van der Waals surface area contributed by atoms with Gasteiger partial charge in [0.05, 0.1) is 12.7 Å². The quantitative estimate of drug-likeness (QED) is 0.937. The Kier molecular flexibility index (Phi) is 3.62. The van der Waals surface area contributed by atoms with E-state index in [9.17, 15) is 4.79 Å². The van der Waals surface area contributed by atoms with Crippen molar-refractivity contribution in [3.05, 3.63) is 64.7 Å². The fourth-order valence-corrected chi connectivity index (χ4v) is 2.74. The molecule has 0 atom stereocenters. The Hall–Kier alpha value is -2.33. The van der Waals surface area contributed by atoms with Gasteiger partial charge in [-0.1, -0.05) is 18.2 Å². The van der Waals surface area contributed by atoms with Crippen molar-refractivity contribution in [3.63, 3.8) is 0 Å². The standard InChI is InChI=1S/C17H17NO3/c1-21-16-6-5-14-10-18(11-15(14)8-16)9-12-3-2-4-13(7-12)17(19)20/h2-8H,9-11H2,1H3,(H,19,20). The number of hydrogen-bond donors (Lipinski definition) is 1. The summed E-state index contributed by atoms with van der Waals surface area (Å²) in [6.45, 7) is 2.50. The number of fused-ring (bicyclic) bond motifs is 1. The van der Waals surface area contributed by atoms with Gasteiger partial charge >= 0.3 is 5.97 Å². The summed E-state index contributed by atoms with van der Waals surface area (Å²) >= 11 is 0. The predicted octanol–water partition coefficient (Wildman–Crippen LogP) is 2.91. The topological polar surface area (TPSA) is 49.8 Å². The van der Waals surface area contributed by atoms with Crippen LogP contribution < -0.4 is 4.74 Å². The van der Waals surface area contributed by atoms with Crippen molar-refractivity contribution in [1.82, 2.24) is 4.90 Å². The number of hydrogen-bond acceptors (Lipinski definition) is 3. The number of carbonyl (C=O) groups is 1. The number of nitrogens with zero attached hydrogens (tertiary/aromatic N) is 1. The van der Waals surface area contributed by atoms with E-state index in [2.05, 4.69) is 17.0 Å². The third kappa shape index (κ3) is 2.90. The number of methoxy groups -OCH3 is 1. The Labute approximate surface area is 123 Å². The van der Waals surface area contributed by atoms with Gasteiger partial charge in [-0.3, -0.25) is 4.90 Å². The molecule has 1 aliphatic rings. The van der Waals surface area contributed by atoms with Crippen LogP contribution in [0.3, 0.4) is 0 Å². The van der Waals surface area contributed by atoms with Crippen molar-refractivity contribution < 1.29 is 14.6 Å². The highest BCUT2D eigenvalue weighted by molar-refractivity contribution is 5.87. The molecular weight excluding hydrogens is 266 g/mol. The van der Waals surface area contributed by atoms with Crippen LogP contribution in [0, 0.1) is 0 Å². The van der Waals surface area contributed by atoms with E-state index < -0.39 is 5.97 Å². The molecular formula is C17H17NO3. The van der Waals surface area contributed by atoms with Gasteiger partial charge in [0.2, 0.25) is 0 Å². The molecule has 0 bridgehead atoms. The van der Waals surface area contributed by atoms with Crippen LogP contribution in [0.25, 0.3) is 0 Å². The molecule has 4 nitrogen and oxygen atoms in total. The molecule has 0 fully saturated rings. The molecule has 0 radical (unpaired) electrons. The lowest BCUT2D eigenvalue weighted by atomic mass is 10.1. The lowest BCUT2D eigenvalue weighted by molar-refractivity contribution is 0.0696. The first-order chi connectivity index (χ1) is 10.2. The third-order valence-corrected chi connectivity index (χ3v) is 3.78. The van der Waals surface area contributed by atoms with Gasteiger partial charge in [0.15, 0.2) is 0 Å².